The van der Waals surface area contributed by atoms with Gasteiger partial charge < -0.3 is 10.5 Å². The Bertz CT molecular complexity index is 360. The minimum Gasteiger partial charge on any atom is -0.373 e. The topological polar surface area (TPSA) is 35.2 Å². The third-order valence-corrected chi connectivity index (χ3v) is 2.94. The summed E-state index contributed by atoms with van der Waals surface area (Å²) in [6.07, 6.45) is 7.50. The quantitative estimate of drug-likeness (QED) is 0.787. The van der Waals surface area contributed by atoms with Crippen molar-refractivity contribution >= 4 is 0 Å². The number of ether oxygens (including phenoxy) is 1. The summed E-state index contributed by atoms with van der Waals surface area (Å²) in [6, 6.07) is 8.57. The van der Waals surface area contributed by atoms with Gasteiger partial charge in [0.05, 0.1) is 12.7 Å². The van der Waals surface area contributed by atoms with Crippen LogP contribution in [0.25, 0.3) is 0 Å². The minimum absolute atomic E-state index is 0.235. The highest BCUT2D eigenvalue weighted by Crippen LogP contribution is 2.29. The minimum atomic E-state index is 0.235. The maximum atomic E-state index is 5.80. The Hall–Kier alpha value is -1.12. The molecule has 0 bridgehead atoms. The molecule has 16 heavy (non-hydrogen) atoms. The lowest BCUT2D eigenvalue weighted by Crippen LogP contribution is -2.15. The molecule has 0 fully saturated rings. The summed E-state index contributed by atoms with van der Waals surface area (Å²) in [5.74, 6) is 0. The van der Waals surface area contributed by atoms with Crippen LogP contribution in [-0.4, -0.2) is 13.2 Å². The van der Waals surface area contributed by atoms with Gasteiger partial charge in [-0.25, -0.2) is 0 Å². The van der Waals surface area contributed by atoms with Gasteiger partial charge in [-0.15, -0.1) is 0 Å². The summed E-state index contributed by atoms with van der Waals surface area (Å²) in [5, 5.41) is 0. The summed E-state index contributed by atoms with van der Waals surface area (Å²) in [4.78, 5) is 0. The Morgan fingerprint density at radius 3 is 3.06 bits per heavy atom. The molecule has 1 aromatic carbocycles. The van der Waals surface area contributed by atoms with Crippen molar-refractivity contribution in [3.8, 4) is 0 Å². The zero-order chi connectivity index (χ0) is 11.2. The predicted molar refractivity (Wildman–Crippen MR) is 66.3 cm³/mol. The summed E-state index contributed by atoms with van der Waals surface area (Å²) in [7, 11) is 0. The molecule has 0 aliphatic carbocycles. The maximum absolute atomic E-state index is 5.80. The average molecular weight is 217 g/mol. The molecule has 0 saturated heterocycles. The SMILES string of the molecule is NCCC=CCC1OCCc2ccccc21. The van der Waals surface area contributed by atoms with E-state index in [2.05, 4.69) is 36.4 Å². The first-order valence-corrected chi connectivity index (χ1v) is 5.96. The number of fused-ring (bicyclic) bond motifs is 1. The molecule has 1 aliphatic heterocycles. The van der Waals surface area contributed by atoms with E-state index < -0.39 is 0 Å². The molecular formula is C14H19NO. The molecule has 1 aliphatic rings. The Balaban J connectivity index is 2.01. The van der Waals surface area contributed by atoms with Gasteiger partial charge in [0.2, 0.25) is 0 Å². The summed E-state index contributed by atoms with van der Waals surface area (Å²) in [6.45, 7) is 1.56. The van der Waals surface area contributed by atoms with Crippen LogP contribution in [0.3, 0.4) is 0 Å². The van der Waals surface area contributed by atoms with Crippen LogP contribution in [-0.2, 0) is 11.2 Å². The normalized spacial score (nSPS) is 19.9. The highest BCUT2D eigenvalue weighted by atomic mass is 16.5. The molecule has 1 atom stereocenters. The van der Waals surface area contributed by atoms with Crippen LogP contribution in [0.4, 0.5) is 0 Å². The maximum Gasteiger partial charge on any atom is 0.0862 e. The van der Waals surface area contributed by atoms with Gasteiger partial charge in [0.25, 0.3) is 0 Å². The Kier molecular flexibility index (Phi) is 4.14. The molecule has 0 radical (unpaired) electrons. The molecule has 1 heterocycles. The average Bonchev–Trinajstić information content (AvgIpc) is 2.35. The van der Waals surface area contributed by atoms with Gasteiger partial charge in [-0.05, 0) is 36.9 Å². The number of benzene rings is 1. The van der Waals surface area contributed by atoms with Gasteiger partial charge in [0, 0.05) is 0 Å². The van der Waals surface area contributed by atoms with Crippen LogP contribution in [0, 0.1) is 0 Å². The van der Waals surface area contributed by atoms with Gasteiger partial charge in [0.1, 0.15) is 0 Å². The first kappa shape index (κ1) is 11.4. The first-order chi connectivity index (χ1) is 7.92. The fraction of sp³-hybridized carbons (Fsp3) is 0.429. The smallest absolute Gasteiger partial charge is 0.0862 e. The summed E-state index contributed by atoms with van der Waals surface area (Å²) < 4.78 is 5.80. The fourth-order valence-electron chi connectivity index (χ4n) is 2.11. The molecule has 0 saturated carbocycles. The first-order valence-electron chi connectivity index (χ1n) is 5.96. The van der Waals surface area contributed by atoms with Crippen molar-refractivity contribution in [3.05, 3.63) is 47.5 Å². The second kappa shape index (κ2) is 5.83. The lowest BCUT2D eigenvalue weighted by atomic mass is 9.96. The standard InChI is InChI=1S/C14H19NO/c15-10-5-1-2-8-14-13-7-4-3-6-12(13)9-11-16-14/h1-4,6-7,14H,5,8-11,15H2. The van der Waals surface area contributed by atoms with E-state index >= 15 is 0 Å². The van der Waals surface area contributed by atoms with E-state index in [-0.39, 0.29) is 6.10 Å². The van der Waals surface area contributed by atoms with E-state index in [4.69, 9.17) is 10.5 Å². The van der Waals surface area contributed by atoms with E-state index in [0.717, 1.165) is 32.4 Å². The van der Waals surface area contributed by atoms with Crippen molar-refractivity contribution < 1.29 is 4.74 Å². The summed E-state index contributed by atoms with van der Waals surface area (Å²) in [5.41, 5.74) is 8.23. The molecule has 2 heteroatoms. The molecule has 2 N–H and O–H groups in total. The van der Waals surface area contributed by atoms with Crippen molar-refractivity contribution in [1.29, 1.82) is 0 Å². The van der Waals surface area contributed by atoms with Crippen LogP contribution in [0.2, 0.25) is 0 Å². The van der Waals surface area contributed by atoms with Crippen LogP contribution in [0.5, 0.6) is 0 Å². The number of nitrogens with two attached hydrogens (primary N) is 1. The zero-order valence-corrected chi connectivity index (χ0v) is 9.56. The number of hydrogen-bond donors (Lipinski definition) is 1. The lowest BCUT2D eigenvalue weighted by Gasteiger charge is -2.25. The van der Waals surface area contributed by atoms with Gasteiger partial charge in [0.15, 0.2) is 0 Å². The summed E-state index contributed by atoms with van der Waals surface area (Å²) >= 11 is 0. The molecular weight excluding hydrogens is 198 g/mol. The van der Waals surface area contributed by atoms with Gasteiger partial charge in [-0.1, -0.05) is 36.4 Å². The van der Waals surface area contributed by atoms with Crippen molar-refractivity contribution in [2.45, 2.75) is 25.4 Å². The highest BCUT2D eigenvalue weighted by Gasteiger charge is 2.18. The third-order valence-electron chi connectivity index (χ3n) is 2.94. The molecule has 1 unspecified atom stereocenters. The van der Waals surface area contributed by atoms with Crippen LogP contribution in [0.15, 0.2) is 36.4 Å². The van der Waals surface area contributed by atoms with E-state index in [1.54, 1.807) is 0 Å². The molecule has 0 amide bonds. The Morgan fingerprint density at radius 1 is 1.31 bits per heavy atom. The van der Waals surface area contributed by atoms with Crippen LogP contribution < -0.4 is 5.73 Å². The van der Waals surface area contributed by atoms with Crippen LogP contribution >= 0.6 is 0 Å². The second-order valence-electron chi connectivity index (χ2n) is 4.09. The zero-order valence-electron chi connectivity index (χ0n) is 9.56. The van der Waals surface area contributed by atoms with E-state index in [0.29, 0.717) is 0 Å². The molecule has 0 aromatic heterocycles. The van der Waals surface area contributed by atoms with E-state index in [1.807, 2.05) is 0 Å². The Labute approximate surface area is 97.1 Å². The van der Waals surface area contributed by atoms with Crippen molar-refractivity contribution in [2.24, 2.45) is 5.73 Å². The van der Waals surface area contributed by atoms with Crippen molar-refractivity contribution in [1.82, 2.24) is 0 Å². The molecule has 0 spiro atoms. The number of hydrogen-bond acceptors (Lipinski definition) is 2. The van der Waals surface area contributed by atoms with E-state index in [1.165, 1.54) is 11.1 Å². The highest BCUT2D eigenvalue weighted by molar-refractivity contribution is 5.31. The largest absolute Gasteiger partial charge is 0.373 e. The Morgan fingerprint density at radius 2 is 2.19 bits per heavy atom. The fourth-order valence-corrected chi connectivity index (χ4v) is 2.11. The predicted octanol–water partition coefficient (Wildman–Crippen LogP) is 2.60. The third kappa shape index (κ3) is 2.71. The second-order valence-corrected chi connectivity index (χ2v) is 4.09. The lowest BCUT2D eigenvalue weighted by molar-refractivity contribution is 0.0445. The van der Waals surface area contributed by atoms with E-state index in [9.17, 15) is 0 Å². The van der Waals surface area contributed by atoms with Gasteiger partial charge in [-0.2, -0.15) is 0 Å². The van der Waals surface area contributed by atoms with Crippen molar-refractivity contribution in [3.63, 3.8) is 0 Å². The van der Waals surface area contributed by atoms with Gasteiger partial charge in [-0.3, -0.25) is 0 Å². The monoisotopic (exact) mass is 217 g/mol. The van der Waals surface area contributed by atoms with Crippen molar-refractivity contribution in [2.75, 3.05) is 13.2 Å². The van der Waals surface area contributed by atoms with Gasteiger partial charge >= 0.3 is 0 Å². The molecule has 86 valence electrons. The molecule has 1 aromatic rings. The van der Waals surface area contributed by atoms with Crippen LogP contribution in [0.1, 0.15) is 30.1 Å². The number of rotatable bonds is 4. The molecule has 2 rings (SSSR count). The molecule has 2 nitrogen and oxygen atoms in total.